The first kappa shape index (κ1) is 14.7. The number of hydrogen-bond donors (Lipinski definition) is 0. The number of amides is 1. The van der Waals surface area contributed by atoms with Gasteiger partial charge < -0.3 is 9.64 Å². The zero-order valence-corrected chi connectivity index (χ0v) is 12.7. The molecule has 0 radical (unpaired) electrons. The highest BCUT2D eigenvalue weighted by Gasteiger charge is 2.28. The van der Waals surface area contributed by atoms with E-state index in [1.165, 1.54) is 13.4 Å². The van der Waals surface area contributed by atoms with Crippen LogP contribution in [-0.4, -0.2) is 56.7 Å². The minimum Gasteiger partial charge on any atom is -0.375 e. The lowest BCUT2D eigenvalue weighted by atomic mass is 10.1. The Kier molecular flexibility index (Phi) is 3.93. The van der Waals surface area contributed by atoms with E-state index in [2.05, 4.69) is 9.97 Å². The number of aromatic nitrogens is 4. The minimum absolute atomic E-state index is 0.0462. The van der Waals surface area contributed by atoms with Gasteiger partial charge in [0.25, 0.3) is 0 Å². The third kappa shape index (κ3) is 2.39. The smallest absolute Gasteiger partial charge is 0.330 e. The molecule has 8 nitrogen and oxygen atoms in total. The van der Waals surface area contributed by atoms with Crippen LogP contribution >= 0.6 is 0 Å². The fourth-order valence-corrected chi connectivity index (χ4v) is 3.03. The molecule has 3 heterocycles. The number of fused-ring (bicyclic) bond motifs is 1. The third-order valence-electron chi connectivity index (χ3n) is 4.14. The molecular weight excluding hydrogens is 286 g/mol. The summed E-state index contributed by atoms with van der Waals surface area (Å²) in [6, 6.07) is -0.0688. The molecule has 0 spiro atoms. The topological polar surface area (TPSA) is 82.2 Å². The van der Waals surface area contributed by atoms with Crippen LogP contribution in [0.1, 0.15) is 18.9 Å². The van der Waals surface area contributed by atoms with E-state index in [1.54, 1.807) is 27.3 Å². The summed E-state index contributed by atoms with van der Waals surface area (Å²) in [5.74, 6) is -0.0462. The molecule has 2 aromatic rings. The number of piperidine rings is 1. The van der Waals surface area contributed by atoms with Crippen molar-refractivity contribution in [2.45, 2.75) is 18.9 Å². The number of imidazole rings is 1. The standard InChI is InChI=1S/C14H19N5O3/c1-17-11-6-15-9-16-13(11)19(14(17)21)10-4-3-5-18(7-10)12(20)8-22-2/h6,9-10H,3-5,7-8H2,1-2H3/t10-/m0/s1. The van der Waals surface area contributed by atoms with Crippen LogP contribution in [-0.2, 0) is 16.6 Å². The molecule has 0 saturated carbocycles. The fourth-order valence-electron chi connectivity index (χ4n) is 3.03. The van der Waals surface area contributed by atoms with Gasteiger partial charge in [-0.2, -0.15) is 0 Å². The normalized spacial score (nSPS) is 18.8. The van der Waals surface area contributed by atoms with Crippen LogP contribution in [0.15, 0.2) is 17.3 Å². The van der Waals surface area contributed by atoms with Gasteiger partial charge in [-0.3, -0.25) is 13.9 Å². The Labute approximate surface area is 127 Å². The van der Waals surface area contributed by atoms with Crippen LogP contribution in [0, 0.1) is 0 Å². The van der Waals surface area contributed by atoms with Gasteiger partial charge in [0, 0.05) is 27.2 Å². The Hall–Kier alpha value is -2.22. The number of hydrogen-bond acceptors (Lipinski definition) is 5. The predicted octanol–water partition coefficient (Wildman–Crippen LogP) is -0.0601. The lowest BCUT2D eigenvalue weighted by Gasteiger charge is -2.33. The molecule has 1 atom stereocenters. The predicted molar refractivity (Wildman–Crippen MR) is 79.5 cm³/mol. The molecule has 0 aromatic carbocycles. The Morgan fingerprint density at radius 2 is 2.32 bits per heavy atom. The van der Waals surface area contributed by atoms with E-state index in [0.717, 1.165) is 12.8 Å². The number of likely N-dealkylation sites (tertiary alicyclic amines) is 1. The maximum absolute atomic E-state index is 12.5. The molecule has 1 fully saturated rings. The third-order valence-corrected chi connectivity index (χ3v) is 4.14. The molecule has 3 rings (SSSR count). The van der Waals surface area contributed by atoms with Crippen molar-refractivity contribution in [3.8, 4) is 0 Å². The summed E-state index contributed by atoms with van der Waals surface area (Å²) in [6.45, 7) is 1.28. The van der Waals surface area contributed by atoms with Gasteiger partial charge in [0.1, 0.15) is 18.5 Å². The van der Waals surface area contributed by atoms with Crippen LogP contribution in [0.4, 0.5) is 0 Å². The molecular formula is C14H19N5O3. The lowest BCUT2D eigenvalue weighted by Crippen LogP contribution is -2.44. The second-order valence-electron chi connectivity index (χ2n) is 5.51. The Morgan fingerprint density at radius 1 is 1.50 bits per heavy atom. The summed E-state index contributed by atoms with van der Waals surface area (Å²) in [5.41, 5.74) is 1.20. The Morgan fingerprint density at radius 3 is 3.09 bits per heavy atom. The molecule has 0 unspecified atom stereocenters. The van der Waals surface area contributed by atoms with Crippen molar-refractivity contribution in [2.75, 3.05) is 26.8 Å². The van der Waals surface area contributed by atoms with Crippen molar-refractivity contribution in [3.63, 3.8) is 0 Å². The zero-order valence-electron chi connectivity index (χ0n) is 12.7. The van der Waals surface area contributed by atoms with E-state index < -0.39 is 0 Å². The van der Waals surface area contributed by atoms with E-state index in [0.29, 0.717) is 24.3 Å². The number of rotatable bonds is 3. The molecule has 0 bridgehead atoms. The van der Waals surface area contributed by atoms with E-state index in [1.807, 2.05) is 0 Å². The number of methoxy groups -OCH3 is 1. The summed E-state index contributed by atoms with van der Waals surface area (Å²) in [5, 5.41) is 0. The van der Waals surface area contributed by atoms with Crippen LogP contribution in [0.25, 0.3) is 11.2 Å². The molecule has 1 aliphatic heterocycles. The van der Waals surface area contributed by atoms with Crippen molar-refractivity contribution in [1.82, 2.24) is 24.0 Å². The zero-order chi connectivity index (χ0) is 15.7. The summed E-state index contributed by atoms with van der Waals surface area (Å²) in [7, 11) is 3.21. The summed E-state index contributed by atoms with van der Waals surface area (Å²) in [6.07, 6.45) is 4.78. The lowest BCUT2D eigenvalue weighted by molar-refractivity contribution is -0.136. The van der Waals surface area contributed by atoms with Gasteiger partial charge >= 0.3 is 5.69 Å². The van der Waals surface area contributed by atoms with Gasteiger partial charge in [-0.05, 0) is 12.8 Å². The van der Waals surface area contributed by atoms with Crippen LogP contribution in [0.2, 0.25) is 0 Å². The first-order valence-corrected chi connectivity index (χ1v) is 7.27. The average molecular weight is 305 g/mol. The van der Waals surface area contributed by atoms with Crippen molar-refractivity contribution < 1.29 is 9.53 Å². The maximum Gasteiger partial charge on any atom is 0.330 e. The van der Waals surface area contributed by atoms with Crippen LogP contribution in [0.3, 0.4) is 0 Å². The molecule has 1 aliphatic rings. The maximum atomic E-state index is 12.5. The number of carbonyl (C=O) groups is 1. The molecule has 22 heavy (non-hydrogen) atoms. The Bertz CT molecular complexity index is 751. The van der Waals surface area contributed by atoms with Gasteiger partial charge in [0.15, 0.2) is 5.65 Å². The summed E-state index contributed by atoms with van der Waals surface area (Å²) in [4.78, 5) is 34.5. The molecule has 2 aromatic heterocycles. The Balaban J connectivity index is 1.96. The first-order chi connectivity index (χ1) is 10.6. The molecule has 118 valence electrons. The van der Waals surface area contributed by atoms with Crippen molar-refractivity contribution >= 4 is 17.1 Å². The van der Waals surface area contributed by atoms with Crippen molar-refractivity contribution in [1.29, 1.82) is 0 Å². The van der Waals surface area contributed by atoms with Crippen molar-refractivity contribution in [2.24, 2.45) is 7.05 Å². The molecule has 1 amide bonds. The summed E-state index contributed by atoms with van der Waals surface area (Å²) < 4.78 is 8.14. The molecule has 8 heteroatoms. The average Bonchev–Trinajstić information content (AvgIpc) is 2.80. The number of carbonyl (C=O) groups excluding carboxylic acids is 1. The minimum atomic E-state index is -0.124. The van der Waals surface area contributed by atoms with E-state index in [4.69, 9.17) is 4.74 Å². The largest absolute Gasteiger partial charge is 0.375 e. The van der Waals surface area contributed by atoms with Crippen molar-refractivity contribution in [3.05, 3.63) is 23.0 Å². The first-order valence-electron chi connectivity index (χ1n) is 7.27. The fraction of sp³-hybridized carbons (Fsp3) is 0.571. The molecule has 0 aliphatic carbocycles. The van der Waals surface area contributed by atoms with E-state index in [9.17, 15) is 9.59 Å². The van der Waals surface area contributed by atoms with Crippen LogP contribution < -0.4 is 5.69 Å². The number of aryl methyl sites for hydroxylation is 1. The second kappa shape index (κ2) is 5.88. The quantitative estimate of drug-likeness (QED) is 0.793. The van der Waals surface area contributed by atoms with E-state index in [-0.39, 0.29) is 24.2 Å². The highest BCUT2D eigenvalue weighted by Crippen LogP contribution is 2.23. The SMILES string of the molecule is COCC(=O)N1CCC[C@H](n2c(=O)n(C)c3cncnc32)C1. The van der Waals surface area contributed by atoms with Gasteiger partial charge in [-0.25, -0.2) is 14.8 Å². The molecule has 1 saturated heterocycles. The highest BCUT2D eigenvalue weighted by molar-refractivity contribution is 5.77. The number of nitrogens with zero attached hydrogens (tertiary/aromatic N) is 5. The van der Waals surface area contributed by atoms with Gasteiger partial charge in [0.05, 0.1) is 12.2 Å². The van der Waals surface area contributed by atoms with Gasteiger partial charge in [-0.1, -0.05) is 0 Å². The van der Waals surface area contributed by atoms with Crippen LogP contribution in [0.5, 0.6) is 0 Å². The summed E-state index contributed by atoms with van der Waals surface area (Å²) >= 11 is 0. The molecule has 0 N–H and O–H groups in total. The monoisotopic (exact) mass is 305 g/mol. The highest BCUT2D eigenvalue weighted by atomic mass is 16.5. The van der Waals surface area contributed by atoms with Gasteiger partial charge in [-0.15, -0.1) is 0 Å². The van der Waals surface area contributed by atoms with Gasteiger partial charge in [0.2, 0.25) is 5.91 Å². The number of ether oxygens (including phenoxy) is 1. The second-order valence-corrected chi connectivity index (χ2v) is 5.51. The van der Waals surface area contributed by atoms with E-state index >= 15 is 0 Å².